The number of rotatable bonds is 2. The number of ether oxygens (including phenoxy) is 1. The van der Waals surface area contributed by atoms with Crippen LogP contribution >= 0.6 is 0 Å². The molecule has 1 fully saturated rings. The van der Waals surface area contributed by atoms with Gasteiger partial charge in [-0.05, 0) is 32.3 Å². The summed E-state index contributed by atoms with van der Waals surface area (Å²) >= 11 is 0. The molecule has 2 heteroatoms. The Kier molecular flexibility index (Phi) is 2.61. The van der Waals surface area contributed by atoms with Crippen molar-refractivity contribution in [3.8, 4) is 0 Å². The Morgan fingerprint density at radius 2 is 2.07 bits per heavy atom. The van der Waals surface area contributed by atoms with Gasteiger partial charge in [-0.1, -0.05) is 29.8 Å². The van der Waals surface area contributed by atoms with Gasteiger partial charge in [0.15, 0.2) is 6.29 Å². The fraction of sp³-hybridized carbons (Fsp3) is 0.462. The van der Waals surface area contributed by atoms with E-state index in [-0.39, 0.29) is 6.10 Å². The molecule has 1 aromatic rings. The van der Waals surface area contributed by atoms with Gasteiger partial charge in [0.25, 0.3) is 0 Å². The van der Waals surface area contributed by atoms with Crippen LogP contribution in [0.1, 0.15) is 37.0 Å². The second kappa shape index (κ2) is 3.78. The van der Waals surface area contributed by atoms with Crippen molar-refractivity contribution in [2.75, 3.05) is 0 Å². The highest BCUT2D eigenvalue weighted by molar-refractivity contribution is 5.62. The Morgan fingerprint density at radius 1 is 1.40 bits per heavy atom. The highest BCUT2D eigenvalue weighted by Crippen LogP contribution is 2.38. The number of hydrogen-bond donors (Lipinski definition) is 0. The summed E-state index contributed by atoms with van der Waals surface area (Å²) in [5, 5.41) is 0. The molecule has 1 saturated heterocycles. The first-order valence-electron chi connectivity index (χ1n) is 5.34. The van der Waals surface area contributed by atoms with Crippen LogP contribution in [-0.2, 0) is 9.53 Å². The Morgan fingerprint density at radius 3 is 2.60 bits per heavy atom. The van der Waals surface area contributed by atoms with E-state index in [4.69, 9.17) is 4.74 Å². The van der Waals surface area contributed by atoms with Gasteiger partial charge in [0, 0.05) is 0 Å². The van der Waals surface area contributed by atoms with Gasteiger partial charge in [0.05, 0.1) is 6.10 Å². The summed E-state index contributed by atoms with van der Waals surface area (Å²) in [5.41, 5.74) is 1.84. The van der Waals surface area contributed by atoms with Crippen molar-refractivity contribution < 1.29 is 9.53 Å². The van der Waals surface area contributed by atoms with E-state index in [1.165, 1.54) is 11.1 Å². The first-order valence-corrected chi connectivity index (χ1v) is 5.34. The zero-order valence-corrected chi connectivity index (χ0v) is 9.19. The SMILES string of the molecule is Cc1ccc(C2CCC(C)(C=O)O2)cc1. The highest BCUT2D eigenvalue weighted by atomic mass is 16.5. The van der Waals surface area contributed by atoms with E-state index in [0.717, 1.165) is 19.1 Å². The molecule has 0 spiro atoms. The largest absolute Gasteiger partial charge is 0.360 e. The monoisotopic (exact) mass is 204 g/mol. The fourth-order valence-electron chi connectivity index (χ4n) is 1.96. The van der Waals surface area contributed by atoms with Crippen LogP contribution in [-0.4, -0.2) is 11.9 Å². The lowest BCUT2D eigenvalue weighted by molar-refractivity contribution is -0.127. The molecule has 15 heavy (non-hydrogen) atoms. The van der Waals surface area contributed by atoms with Gasteiger partial charge >= 0.3 is 0 Å². The third-order valence-electron chi connectivity index (χ3n) is 3.01. The summed E-state index contributed by atoms with van der Waals surface area (Å²) in [6, 6.07) is 8.32. The second-order valence-electron chi connectivity index (χ2n) is 4.49. The topological polar surface area (TPSA) is 26.3 Å². The van der Waals surface area contributed by atoms with Gasteiger partial charge in [-0.25, -0.2) is 0 Å². The molecule has 0 radical (unpaired) electrons. The van der Waals surface area contributed by atoms with Crippen molar-refractivity contribution in [1.82, 2.24) is 0 Å². The summed E-state index contributed by atoms with van der Waals surface area (Å²) < 4.78 is 5.76. The molecule has 1 aliphatic heterocycles. The summed E-state index contributed by atoms with van der Waals surface area (Å²) in [4.78, 5) is 10.8. The fourth-order valence-corrected chi connectivity index (χ4v) is 1.96. The normalized spacial score (nSPS) is 30.4. The van der Waals surface area contributed by atoms with Crippen molar-refractivity contribution in [1.29, 1.82) is 0 Å². The van der Waals surface area contributed by atoms with Gasteiger partial charge in [0.2, 0.25) is 0 Å². The number of aryl methyl sites for hydroxylation is 1. The third-order valence-corrected chi connectivity index (χ3v) is 3.01. The lowest BCUT2D eigenvalue weighted by Crippen LogP contribution is -2.24. The van der Waals surface area contributed by atoms with Crippen molar-refractivity contribution in [3.05, 3.63) is 35.4 Å². The molecule has 1 aliphatic rings. The standard InChI is InChI=1S/C13H16O2/c1-10-3-5-11(6-4-10)12-7-8-13(2,9-14)15-12/h3-6,9,12H,7-8H2,1-2H3. The van der Waals surface area contributed by atoms with Crippen LogP contribution < -0.4 is 0 Å². The lowest BCUT2D eigenvalue weighted by Gasteiger charge is -2.18. The molecule has 2 nitrogen and oxygen atoms in total. The van der Waals surface area contributed by atoms with Crippen LogP contribution in [0.15, 0.2) is 24.3 Å². The molecule has 0 N–H and O–H groups in total. The Bertz CT molecular complexity index is 355. The first kappa shape index (κ1) is 10.4. The average molecular weight is 204 g/mol. The zero-order chi connectivity index (χ0) is 10.9. The summed E-state index contributed by atoms with van der Waals surface area (Å²) in [7, 11) is 0. The van der Waals surface area contributed by atoms with Gasteiger partial charge in [-0.15, -0.1) is 0 Å². The average Bonchev–Trinajstić information content (AvgIpc) is 2.63. The molecule has 2 unspecified atom stereocenters. The van der Waals surface area contributed by atoms with Crippen LogP contribution in [0, 0.1) is 6.92 Å². The van der Waals surface area contributed by atoms with Crippen LogP contribution in [0.2, 0.25) is 0 Å². The summed E-state index contributed by atoms with van der Waals surface area (Å²) in [5.74, 6) is 0. The van der Waals surface area contributed by atoms with Crippen molar-refractivity contribution in [2.24, 2.45) is 0 Å². The van der Waals surface area contributed by atoms with Crippen LogP contribution in [0.25, 0.3) is 0 Å². The number of aldehydes is 1. The Balaban J connectivity index is 2.14. The van der Waals surface area contributed by atoms with Gasteiger partial charge in [-0.2, -0.15) is 0 Å². The maximum Gasteiger partial charge on any atom is 0.151 e. The third kappa shape index (κ3) is 2.10. The number of benzene rings is 1. The smallest absolute Gasteiger partial charge is 0.151 e. The molecule has 80 valence electrons. The van der Waals surface area contributed by atoms with E-state index in [9.17, 15) is 4.79 Å². The predicted molar refractivity (Wildman–Crippen MR) is 58.7 cm³/mol. The molecule has 1 aromatic carbocycles. The molecule has 0 aliphatic carbocycles. The van der Waals surface area contributed by atoms with E-state index in [1.807, 2.05) is 6.92 Å². The van der Waals surface area contributed by atoms with E-state index in [0.29, 0.717) is 0 Å². The minimum absolute atomic E-state index is 0.0841. The zero-order valence-electron chi connectivity index (χ0n) is 9.19. The number of hydrogen-bond acceptors (Lipinski definition) is 2. The van der Waals surface area contributed by atoms with Gasteiger partial charge in [-0.3, -0.25) is 0 Å². The number of carbonyl (C=O) groups is 1. The van der Waals surface area contributed by atoms with E-state index in [1.54, 1.807) is 0 Å². The van der Waals surface area contributed by atoms with E-state index in [2.05, 4.69) is 31.2 Å². The first-order chi connectivity index (χ1) is 7.13. The Labute approximate surface area is 90.3 Å². The molecule has 0 saturated carbocycles. The molecule has 2 atom stereocenters. The maximum atomic E-state index is 10.8. The molecule has 1 heterocycles. The molecule has 2 rings (SSSR count). The quantitative estimate of drug-likeness (QED) is 0.692. The lowest BCUT2D eigenvalue weighted by atomic mass is 10.0. The van der Waals surface area contributed by atoms with Crippen LogP contribution in [0.3, 0.4) is 0 Å². The summed E-state index contributed by atoms with van der Waals surface area (Å²) in [6.45, 7) is 3.92. The predicted octanol–water partition coefficient (Wildman–Crippen LogP) is 2.80. The van der Waals surface area contributed by atoms with E-state index < -0.39 is 5.60 Å². The molecular formula is C13H16O2. The molecule has 0 amide bonds. The van der Waals surface area contributed by atoms with Gasteiger partial charge in [0.1, 0.15) is 5.60 Å². The molecular weight excluding hydrogens is 188 g/mol. The van der Waals surface area contributed by atoms with Gasteiger partial charge < -0.3 is 9.53 Å². The van der Waals surface area contributed by atoms with Crippen molar-refractivity contribution in [3.63, 3.8) is 0 Å². The van der Waals surface area contributed by atoms with E-state index >= 15 is 0 Å². The number of carbonyl (C=O) groups excluding carboxylic acids is 1. The molecule has 0 aromatic heterocycles. The molecule has 0 bridgehead atoms. The van der Waals surface area contributed by atoms with Crippen molar-refractivity contribution >= 4 is 6.29 Å². The van der Waals surface area contributed by atoms with Crippen molar-refractivity contribution in [2.45, 2.75) is 38.4 Å². The maximum absolute atomic E-state index is 10.8. The highest BCUT2D eigenvalue weighted by Gasteiger charge is 2.36. The second-order valence-corrected chi connectivity index (χ2v) is 4.49. The van der Waals surface area contributed by atoms with Crippen LogP contribution in [0.5, 0.6) is 0 Å². The van der Waals surface area contributed by atoms with Crippen LogP contribution in [0.4, 0.5) is 0 Å². The Hall–Kier alpha value is -1.15. The minimum Gasteiger partial charge on any atom is -0.360 e. The summed E-state index contributed by atoms with van der Waals surface area (Å²) in [6.07, 6.45) is 2.75. The minimum atomic E-state index is -0.574.